The summed E-state index contributed by atoms with van der Waals surface area (Å²) in [6.07, 6.45) is 2.50. The molecule has 0 saturated carbocycles. The summed E-state index contributed by atoms with van der Waals surface area (Å²) in [6, 6.07) is 11.9. The highest BCUT2D eigenvalue weighted by Crippen LogP contribution is 2.37. The zero-order valence-electron chi connectivity index (χ0n) is 16.3. The maximum absolute atomic E-state index is 6.06. The summed E-state index contributed by atoms with van der Waals surface area (Å²) in [5.41, 5.74) is 2.24. The molecule has 1 aliphatic rings. The van der Waals surface area contributed by atoms with Crippen molar-refractivity contribution in [1.82, 2.24) is 10.6 Å². The third-order valence-corrected chi connectivity index (χ3v) is 5.73. The Bertz CT molecular complexity index is 749. The standard InChI is InChI=1S/C22H28BrClN2O2/c1-2-27-21-12-18(14-26-13-16-7-9-25-10-8-16)11-20(23)22(21)28-15-17-3-5-19(24)6-4-17/h3-6,11-12,16,25-26H,2,7-10,13-15H2,1H3. The van der Waals surface area contributed by atoms with Gasteiger partial charge in [0.05, 0.1) is 11.1 Å². The van der Waals surface area contributed by atoms with Crippen LogP contribution in [0.15, 0.2) is 40.9 Å². The Morgan fingerprint density at radius 1 is 1.11 bits per heavy atom. The summed E-state index contributed by atoms with van der Waals surface area (Å²) < 4.78 is 12.8. The van der Waals surface area contributed by atoms with Crippen LogP contribution in [0.4, 0.5) is 0 Å². The van der Waals surface area contributed by atoms with Gasteiger partial charge in [-0.25, -0.2) is 0 Å². The SMILES string of the molecule is CCOc1cc(CNCC2CCNCC2)cc(Br)c1OCc1ccc(Cl)cc1. The van der Waals surface area contributed by atoms with Crippen molar-refractivity contribution in [3.63, 3.8) is 0 Å². The molecule has 0 bridgehead atoms. The minimum Gasteiger partial charge on any atom is -0.490 e. The van der Waals surface area contributed by atoms with E-state index in [0.29, 0.717) is 13.2 Å². The third-order valence-electron chi connectivity index (χ3n) is 4.89. The second-order valence-electron chi connectivity index (χ2n) is 7.08. The number of piperidine rings is 1. The summed E-state index contributed by atoms with van der Waals surface area (Å²) in [6.45, 7) is 7.17. The molecule has 0 atom stereocenters. The van der Waals surface area contributed by atoms with Gasteiger partial charge in [0.1, 0.15) is 6.61 Å². The van der Waals surface area contributed by atoms with Crippen LogP contribution in [0, 0.1) is 5.92 Å². The Kier molecular flexibility index (Phi) is 8.46. The zero-order valence-corrected chi connectivity index (χ0v) is 18.6. The number of rotatable bonds is 9. The van der Waals surface area contributed by atoms with Gasteiger partial charge in [0.25, 0.3) is 0 Å². The van der Waals surface area contributed by atoms with Gasteiger partial charge in [-0.05, 0) is 96.6 Å². The maximum atomic E-state index is 6.06. The first-order valence-corrected chi connectivity index (χ1v) is 11.1. The van der Waals surface area contributed by atoms with Crippen molar-refractivity contribution in [2.45, 2.75) is 32.9 Å². The summed E-state index contributed by atoms with van der Waals surface area (Å²) in [7, 11) is 0. The minimum atomic E-state index is 0.461. The Labute approximate surface area is 181 Å². The summed E-state index contributed by atoms with van der Waals surface area (Å²) in [5, 5.41) is 7.73. The van der Waals surface area contributed by atoms with Crippen molar-refractivity contribution < 1.29 is 9.47 Å². The van der Waals surface area contributed by atoms with E-state index in [-0.39, 0.29) is 0 Å². The molecule has 1 aliphatic heterocycles. The second kappa shape index (κ2) is 11.1. The molecular formula is C22H28BrClN2O2. The van der Waals surface area contributed by atoms with E-state index in [9.17, 15) is 0 Å². The highest BCUT2D eigenvalue weighted by molar-refractivity contribution is 9.10. The molecule has 28 heavy (non-hydrogen) atoms. The van der Waals surface area contributed by atoms with Gasteiger partial charge in [0, 0.05) is 11.6 Å². The molecule has 2 aromatic carbocycles. The molecule has 0 aliphatic carbocycles. The predicted octanol–water partition coefficient (Wildman–Crippen LogP) is 5.17. The zero-order chi connectivity index (χ0) is 19.8. The van der Waals surface area contributed by atoms with Crippen molar-refractivity contribution in [2.24, 2.45) is 5.92 Å². The molecule has 6 heteroatoms. The number of halogens is 2. The summed E-state index contributed by atoms with van der Waals surface area (Å²) in [5.74, 6) is 2.27. The molecule has 3 rings (SSSR count). The van der Waals surface area contributed by atoms with Gasteiger partial charge in [-0.1, -0.05) is 23.7 Å². The topological polar surface area (TPSA) is 42.5 Å². The molecule has 0 amide bonds. The number of benzene rings is 2. The first-order valence-electron chi connectivity index (χ1n) is 9.89. The van der Waals surface area contributed by atoms with Crippen molar-refractivity contribution in [2.75, 3.05) is 26.2 Å². The maximum Gasteiger partial charge on any atom is 0.175 e. The van der Waals surface area contributed by atoms with Crippen molar-refractivity contribution in [3.05, 3.63) is 57.0 Å². The number of ether oxygens (including phenoxy) is 2. The lowest BCUT2D eigenvalue weighted by Crippen LogP contribution is -2.33. The van der Waals surface area contributed by atoms with Crippen LogP contribution >= 0.6 is 27.5 Å². The van der Waals surface area contributed by atoms with Crippen molar-refractivity contribution >= 4 is 27.5 Å². The lowest BCUT2D eigenvalue weighted by Gasteiger charge is -2.23. The van der Waals surface area contributed by atoms with Crippen LogP contribution in [0.1, 0.15) is 30.9 Å². The molecule has 2 aromatic rings. The highest BCUT2D eigenvalue weighted by atomic mass is 79.9. The normalized spacial score (nSPS) is 14.8. The number of nitrogens with one attached hydrogen (secondary N) is 2. The summed E-state index contributed by atoms with van der Waals surface area (Å²) in [4.78, 5) is 0. The molecule has 1 fully saturated rings. The summed E-state index contributed by atoms with van der Waals surface area (Å²) >= 11 is 9.61. The van der Waals surface area contributed by atoms with Crippen LogP contribution in [0.5, 0.6) is 11.5 Å². The molecule has 0 spiro atoms. The molecule has 1 heterocycles. The van der Waals surface area contributed by atoms with Gasteiger partial charge in [0.2, 0.25) is 0 Å². The van der Waals surface area contributed by atoms with E-state index in [4.69, 9.17) is 21.1 Å². The molecule has 0 radical (unpaired) electrons. The van der Waals surface area contributed by atoms with Gasteiger partial charge in [0.15, 0.2) is 11.5 Å². The largest absolute Gasteiger partial charge is 0.490 e. The number of hydrogen-bond acceptors (Lipinski definition) is 4. The van der Waals surface area contributed by atoms with E-state index in [1.165, 1.54) is 18.4 Å². The Balaban J connectivity index is 1.62. The van der Waals surface area contributed by atoms with Crippen LogP contribution in [0.2, 0.25) is 5.02 Å². The minimum absolute atomic E-state index is 0.461. The molecular weight excluding hydrogens is 440 g/mol. The average molecular weight is 468 g/mol. The molecule has 0 unspecified atom stereocenters. The third kappa shape index (κ3) is 6.38. The Morgan fingerprint density at radius 3 is 2.57 bits per heavy atom. The van der Waals surface area contributed by atoms with E-state index >= 15 is 0 Å². The van der Waals surface area contributed by atoms with E-state index in [1.54, 1.807) is 0 Å². The fourth-order valence-corrected chi connectivity index (χ4v) is 4.10. The van der Waals surface area contributed by atoms with Gasteiger partial charge in [-0.2, -0.15) is 0 Å². The first-order chi connectivity index (χ1) is 13.7. The molecule has 0 aromatic heterocycles. The lowest BCUT2D eigenvalue weighted by molar-refractivity contribution is 0.267. The second-order valence-corrected chi connectivity index (χ2v) is 8.37. The van der Waals surface area contributed by atoms with Gasteiger partial charge in [-0.15, -0.1) is 0 Å². The number of hydrogen-bond donors (Lipinski definition) is 2. The fraction of sp³-hybridized carbons (Fsp3) is 0.455. The van der Waals surface area contributed by atoms with Gasteiger partial charge >= 0.3 is 0 Å². The quantitative estimate of drug-likeness (QED) is 0.534. The Hall–Kier alpha value is -1.27. The van der Waals surface area contributed by atoms with E-state index in [1.807, 2.05) is 31.2 Å². The van der Waals surface area contributed by atoms with Crippen LogP contribution in [-0.4, -0.2) is 26.2 Å². The molecule has 152 valence electrons. The lowest BCUT2D eigenvalue weighted by atomic mass is 9.98. The average Bonchev–Trinajstić information content (AvgIpc) is 2.70. The van der Waals surface area contributed by atoms with Gasteiger partial charge in [-0.3, -0.25) is 0 Å². The van der Waals surface area contributed by atoms with E-state index in [0.717, 1.165) is 58.7 Å². The molecule has 4 nitrogen and oxygen atoms in total. The smallest absolute Gasteiger partial charge is 0.175 e. The van der Waals surface area contributed by atoms with E-state index < -0.39 is 0 Å². The fourth-order valence-electron chi connectivity index (χ4n) is 3.37. The predicted molar refractivity (Wildman–Crippen MR) is 118 cm³/mol. The Morgan fingerprint density at radius 2 is 1.86 bits per heavy atom. The highest BCUT2D eigenvalue weighted by Gasteiger charge is 2.15. The van der Waals surface area contributed by atoms with E-state index in [2.05, 4.69) is 38.7 Å². The van der Waals surface area contributed by atoms with Crippen LogP contribution in [-0.2, 0) is 13.2 Å². The monoisotopic (exact) mass is 466 g/mol. The van der Waals surface area contributed by atoms with Crippen LogP contribution in [0.25, 0.3) is 0 Å². The molecule has 2 N–H and O–H groups in total. The first kappa shape index (κ1) is 21.4. The van der Waals surface area contributed by atoms with Crippen molar-refractivity contribution in [1.29, 1.82) is 0 Å². The van der Waals surface area contributed by atoms with Crippen LogP contribution in [0.3, 0.4) is 0 Å². The van der Waals surface area contributed by atoms with Crippen molar-refractivity contribution in [3.8, 4) is 11.5 Å². The molecule has 1 saturated heterocycles. The van der Waals surface area contributed by atoms with Gasteiger partial charge < -0.3 is 20.1 Å². The van der Waals surface area contributed by atoms with Crippen LogP contribution < -0.4 is 20.1 Å².